The highest BCUT2D eigenvalue weighted by Crippen LogP contribution is 2.31. The molecule has 0 aliphatic carbocycles. The van der Waals surface area contributed by atoms with Crippen LogP contribution in [0.15, 0.2) is 65.5 Å². The third-order valence-corrected chi connectivity index (χ3v) is 5.37. The molecule has 1 saturated heterocycles. The molecular weight excluding hydrogens is 383 g/mol. The number of likely N-dealkylation sites (N-methyl/N-ethyl adjacent to an activating group) is 1. The standard InChI is InChI=1S/C23H23FN4O2/c1-27(12-11-16-5-3-2-4-6-16)23-25-20(14-21(29)26-23)17-13-22(30)28(15-17)19-9-7-18(24)8-10-19/h2-10,14,17H,11-13,15H2,1H3,(H,25,26,29). The molecule has 1 aliphatic rings. The maximum absolute atomic E-state index is 13.2. The van der Waals surface area contributed by atoms with Crippen LogP contribution in [-0.2, 0) is 11.2 Å². The highest BCUT2D eigenvalue weighted by atomic mass is 19.1. The highest BCUT2D eigenvalue weighted by Gasteiger charge is 2.33. The van der Waals surface area contributed by atoms with Gasteiger partial charge in [-0.05, 0) is 36.2 Å². The summed E-state index contributed by atoms with van der Waals surface area (Å²) in [6.45, 7) is 1.11. The monoisotopic (exact) mass is 406 g/mol. The molecule has 1 atom stereocenters. The molecule has 4 rings (SSSR count). The van der Waals surface area contributed by atoms with E-state index >= 15 is 0 Å². The Hall–Kier alpha value is -3.48. The fraction of sp³-hybridized carbons (Fsp3) is 0.261. The lowest BCUT2D eigenvalue weighted by molar-refractivity contribution is -0.117. The Morgan fingerprint density at radius 3 is 2.60 bits per heavy atom. The maximum Gasteiger partial charge on any atom is 0.252 e. The second kappa shape index (κ2) is 8.49. The molecule has 0 radical (unpaired) electrons. The van der Waals surface area contributed by atoms with Crippen LogP contribution in [0.5, 0.6) is 0 Å². The third-order valence-electron chi connectivity index (χ3n) is 5.37. The van der Waals surface area contributed by atoms with Crippen LogP contribution in [0.1, 0.15) is 23.6 Å². The molecule has 7 heteroatoms. The zero-order valence-electron chi connectivity index (χ0n) is 16.7. The van der Waals surface area contributed by atoms with Gasteiger partial charge in [-0.1, -0.05) is 30.3 Å². The number of hydrogen-bond acceptors (Lipinski definition) is 4. The van der Waals surface area contributed by atoms with E-state index in [4.69, 9.17) is 0 Å². The van der Waals surface area contributed by atoms with E-state index in [1.807, 2.05) is 30.1 Å². The van der Waals surface area contributed by atoms with Crippen molar-refractivity contribution in [3.05, 3.63) is 88.1 Å². The molecule has 1 N–H and O–H groups in total. The van der Waals surface area contributed by atoms with Gasteiger partial charge in [0.1, 0.15) is 5.82 Å². The van der Waals surface area contributed by atoms with Crippen molar-refractivity contribution in [3.8, 4) is 0 Å². The summed E-state index contributed by atoms with van der Waals surface area (Å²) in [5.41, 5.74) is 2.21. The van der Waals surface area contributed by atoms with Gasteiger partial charge in [-0.2, -0.15) is 0 Å². The number of nitrogens with one attached hydrogen (secondary N) is 1. The summed E-state index contributed by atoms with van der Waals surface area (Å²) in [5, 5.41) is 0. The number of hydrogen-bond donors (Lipinski definition) is 1. The van der Waals surface area contributed by atoms with E-state index in [-0.39, 0.29) is 29.6 Å². The molecule has 2 aromatic carbocycles. The van der Waals surface area contributed by atoms with Crippen LogP contribution < -0.4 is 15.4 Å². The molecule has 3 aromatic rings. The van der Waals surface area contributed by atoms with Crippen LogP contribution in [0.25, 0.3) is 0 Å². The Kier molecular flexibility index (Phi) is 5.61. The van der Waals surface area contributed by atoms with E-state index in [9.17, 15) is 14.0 Å². The topological polar surface area (TPSA) is 69.3 Å². The first-order chi connectivity index (χ1) is 14.5. The van der Waals surface area contributed by atoms with Crippen molar-refractivity contribution < 1.29 is 9.18 Å². The molecule has 1 aliphatic heterocycles. The predicted molar refractivity (Wildman–Crippen MR) is 114 cm³/mol. The lowest BCUT2D eigenvalue weighted by Crippen LogP contribution is -2.27. The SMILES string of the molecule is CN(CCc1ccccc1)c1nc(C2CC(=O)N(c3ccc(F)cc3)C2)cc(=O)[nH]1. The second-order valence-electron chi connectivity index (χ2n) is 7.53. The highest BCUT2D eigenvalue weighted by molar-refractivity contribution is 5.96. The van der Waals surface area contributed by atoms with Crippen LogP contribution in [0.3, 0.4) is 0 Å². The zero-order chi connectivity index (χ0) is 21.1. The number of aromatic nitrogens is 2. The summed E-state index contributed by atoms with van der Waals surface area (Å²) in [7, 11) is 1.88. The molecular formula is C23H23FN4O2. The van der Waals surface area contributed by atoms with Gasteiger partial charge < -0.3 is 9.80 Å². The summed E-state index contributed by atoms with van der Waals surface area (Å²) in [6.07, 6.45) is 1.09. The number of rotatable bonds is 6. The van der Waals surface area contributed by atoms with Gasteiger partial charge in [-0.25, -0.2) is 9.37 Å². The summed E-state index contributed by atoms with van der Waals surface area (Å²) in [5.74, 6) is -0.110. The lowest BCUT2D eigenvalue weighted by Gasteiger charge is -2.20. The molecule has 1 unspecified atom stereocenters. The number of nitrogens with zero attached hydrogens (tertiary/aromatic N) is 3. The van der Waals surface area contributed by atoms with Gasteiger partial charge in [0.2, 0.25) is 11.9 Å². The quantitative estimate of drug-likeness (QED) is 0.683. The fourth-order valence-corrected chi connectivity index (χ4v) is 3.68. The van der Waals surface area contributed by atoms with Crippen molar-refractivity contribution in [3.63, 3.8) is 0 Å². The molecule has 6 nitrogen and oxygen atoms in total. The van der Waals surface area contributed by atoms with Crippen molar-refractivity contribution >= 4 is 17.5 Å². The Morgan fingerprint density at radius 1 is 1.13 bits per heavy atom. The molecule has 1 fully saturated rings. The van der Waals surface area contributed by atoms with Crippen LogP contribution in [-0.4, -0.2) is 36.0 Å². The minimum absolute atomic E-state index is 0.0623. The third kappa shape index (κ3) is 4.40. The zero-order valence-corrected chi connectivity index (χ0v) is 16.7. The van der Waals surface area contributed by atoms with E-state index in [2.05, 4.69) is 22.1 Å². The van der Waals surface area contributed by atoms with Gasteiger partial charge >= 0.3 is 0 Å². The number of carbonyl (C=O) groups excluding carboxylic acids is 1. The Morgan fingerprint density at radius 2 is 1.87 bits per heavy atom. The number of benzene rings is 2. The Balaban J connectivity index is 1.49. The molecule has 0 saturated carbocycles. The van der Waals surface area contributed by atoms with Crippen molar-refractivity contribution in [2.75, 3.05) is 29.9 Å². The minimum atomic E-state index is -0.346. The number of amides is 1. The van der Waals surface area contributed by atoms with Gasteiger partial charge in [-0.15, -0.1) is 0 Å². The number of halogens is 1. The predicted octanol–water partition coefficient (Wildman–Crippen LogP) is 3.11. The van der Waals surface area contributed by atoms with Gasteiger partial charge in [0.25, 0.3) is 5.56 Å². The van der Waals surface area contributed by atoms with E-state index < -0.39 is 0 Å². The van der Waals surface area contributed by atoms with Crippen LogP contribution >= 0.6 is 0 Å². The summed E-state index contributed by atoms with van der Waals surface area (Å²) < 4.78 is 13.2. The van der Waals surface area contributed by atoms with Crippen LogP contribution in [0.2, 0.25) is 0 Å². The first-order valence-corrected chi connectivity index (χ1v) is 9.92. The molecule has 0 bridgehead atoms. The van der Waals surface area contributed by atoms with Crippen LogP contribution in [0.4, 0.5) is 16.0 Å². The van der Waals surface area contributed by atoms with Crippen molar-refractivity contribution in [1.82, 2.24) is 9.97 Å². The second-order valence-corrected chi connectivity index (χ2v) is 7.53. The first kappa shape index (κ1) is 19.8. The average molecular weight is 406 g/mol. The smallest absolute Gasteiger partial charge is 0.252 e. The molecule has 1 aromatic heterocycles. The van der Waals surface area contributed by atoms with Gasteiger partial charge in [0.05, 0.1) is 5.69 Å². The van der Waals surface area contributed by atoms with E-state index in [1.54, 1.807) is 17.0 Å². The molecule has 1 amide bonds. The van der Waals surface area contributed by atoms with Crippen molar-refractivity contribution in [2.24, 2.45) is 0 Å². The minimum Gasteiger partial charge on any atom is -0.345 e. The van der Waals surface area contributed by atoms with Gasteiger partial charge in [-0.3, -0.25) is 14.6 Å². The Bertz CT molecular complexity index is 1080. The lowest BCUT2D eigenvalue weighted by atomic mass is 10.0. The molecule has 2 heterocycles. The molecule has 154 valence electrons. The van der Waals surface area contributed by atoms with Crippen LogP contribution in [0, 0.1) is 5.82 Å². The molecule has 30 heavy (non-hydrogen) atoms. The maximum atomic E-state index is 13.2. The Labute approximate surface area is 174 Å². The van der Waals surface area contributed by atoms with Crippen molar-refractivity contribution in [2.45, 2.75) is 18.8 Å². The molecule has 0 spiro atoms. The number of anilines is 2. The average Bonchev–Trinajstić information content (AvgIpc) is 3.14. The van der Waals surface area contributed by atoms with Gasteiger partial charge in [0, 0.05) is 44.2 Å². The van der Waals surface area contributed by atoms with E-state index in [0.29, 0.717) is 30.4 Å². The normalized spacial score (nSPS) is 16.1. The van der Waals surface area contributed by atoms with Crippen molar-refractivity contribution in [1.29, 1.82) is 0 Å². The first-order valence-electron chi connectivity index (χ1n) is 9.92. The number of carbonyl (C=O) groups is 1. The summed E-state index contributed by atoms with van der Waals surface area (Å²) in [6, 6.07) is 17.4. The van der Waals surface area contributed by atoms with Gasteiger partial charge in [0.15, 0.2) is 0 Å². The summed E-state index contributed by atoms with van der Waals surface area (Å²) >= 11 is 0. The van der Waals surface area contributed by atoms with E-state index in [1.165, 1.54) is 23.8 Å². The largest absolute Gasteiger partial charge is 0.345 e. The summed E-state index contributed by atoms with van der Waals surface area (Å²) in [4.78, 5) is 35.7. The van der Waals surface area contributed by atoms with E-state index in [0.717, 1.165) is 6.42 Å². The fourth-order valence-electron chi connectivity index (χ4n) is 3.68. The number of H-pyrrole nitrogens is 1. The number of aromatic amines is 1.